The summed E-state index contributed by atoms with van der Waals surface area (Å²) in [6, 6.07) is 10.2. The molecule has 0 unspecified atom stereocenters. The number of amides is 1. The van der Waals surface area contributed by atoms with Crippen LogP contribution in [-0.4, -0.2) is 37.1 Å². The maximum atomic E-state index is 12.9. The van der Waals surface area contributed by atoms with Gasteiger partial charge in [-0.15, -0.1) is 21.5 Å². The number of rotatable bonds is 2. The number of hydrogen-bond acceptors (Lipinski definition) is 5. The Bertz CT molecular complexity index is 930. The topological polar surface area (TPSA) is 63.9 Å². The van der Waals surface area contributed by atoms with Crippen LogP contribution < -0.4 is 0 Å². The summed E-state index contributed by atoms with van der Waals surface area (Å²) in [7, 11) is 0. The summed E-state index contributed by atoms with van der Waals surface area (Å²) in [5, 5.41) is 9.63. The van der Waals surface area contributed by atoms with Gasteiger partial charge < -0.3 is 9.47 Å². The van der Waals surface area contributed by atoms with Gasteiger partial charge in [-0.2, -0.15) is 0 Å². The van der Waals surface area contributed by atoms with E-state index in [1.807, 2.05) is 49.1 Å². The molecule has 0 aliphatic carbocycles. The molecule has 0 spiro atoms. The summed E-state index contributed by atoms with van der Waals surface area (Å²) in [5.41, 5.74) is 1.85. The summed E-state index contributed by atoms with van der Waals surface area (Å²) < 4.78 is 2.14. The molecule has 128 valence electrons. The SMILES string of the molecule is Cc1nc(C)c(C(=O)N2Cc3nnc(-c4ccccc4)n3[C@@H](C)C2)s1. The van der Waals surface area contributed by atoms with E-state index in [9.17, 15) is 4.79 Å². The van der Waals surface area contributed by atoms with Gasteiger partial charge in [0.15, 0.2) is 11.6 Å². The van der Waals surface area contributed by atoms with Gasteiger partial charge in [-0.3, -0.25) is 4.79 Å². The van der Waals surface area contributed by atoms with Crippen LogP contribution in [0.5, 0.6) is 0 Å². The lowest BCUT2D eigenvalue weighted by molar-refractivity contribution is 0.0686. The van der Waals surface area contributed by atoms with Crippen LogP contribution in [0.4, 0.5) is 0 Å². The highest BCUT2D eigenvalue weighted by atomic mass is 32.1. The van der Waals surface area contributed by atoms with Crippen molar-refractivity contribution in [2.24, 2.45) is 0 Å². The van der Waals surface area contributed by atoms with Crippen LogP contribution in [-0.2, 0) is 6.54 Å². The van der Waals surface area contributed by atoms with Gasteiger partial charge in [-0.25, -0.2) is 4.98 Å². The van der Waals surface area contributed by atoms with E-state index in [0.29, 0.717) is 13.1 Å². The predicted octanol–water partition coefficient (Wildman–Crippen LogP) is 3.24. The normalized spacial score (nSPS) is 16.8. The quantitative estimate of drug-likeness (QED) is 0.709. The van der Waals surface area contributed by atoms with Crippen LogP contribution in [0.2, 0.25) is 0 Å². The minimum Gasteiger partial charge on any atom is -0.328 e. The molecule has 25 heavy (non-hydrogen) atoms. The minimum absolute atomic E-state index is 0.0328. The van der Waals surface area contributed by atoms with Crippen molar-refractivity contribution in [3.63, 3.8) is 0 Å². The first-order valence-corrected chi connectivity index (χ1v) is 9.08. The van der Waals surface area contributed by atoms with Crippen molar-refractivity contribution in [1.29, 1.82) is 0 Å². The average Bonchev–Trinajstić information content (AvgIpc) is 3.18. The lowest BCUT2D eigenvalue weighted by atomic mass is 10.1. The number of carbonyl (C=O) groups excluding carboxylic acids is 1. The van der Waals surface area contributed by atoms with E-state index in [1.165, 1.54) is 11.3 Å². The molecule has 7 heteroatoms. The van der Waals surface area contributed by atoms with Crippen LogP contribution in [0.15, 0.2) is 30.3 Å². The van der Waals surface area contributed by atoms with Crippen LogP contribution in [0.3, 0.4) is 0 Å². The maximum absolute atomic E-state index is 12.9. The van der Waals surface area contributed by atoms with Crippen LogP contribution in [0, 0.1) is 13.8 Å². The Morgan fingerprint density at radius 1 is 1.20 bits per heavy atom. The fraction of sp³-hybridized carbons (Fsp3) is 0.333. The average molecular weight is 353 g/mol. The van der Waals surface area contributed by atoms with E-state index in [1.54, 1.807) is 0 Å². The van der Waals surface area contributed by atoms with Crippen molar-refractivity contribution in [3.05, 3.63) is 51.7 Å². The fourth-order valence-corrected chi connectivity index (χ4v) is 4.23. The Morgan fingerprint density at radius 2 is 1.96 bits per heavy atom. The molecule has 2 aromatic heterocycles. The largest absolute Gasteiger partial charge is 0.328 e. The van der Waals surface area contributed by atoms with Crippen molar-refractivity contribution in [2.45, 2.75) is 33.4 Å². The Morgan fingerprint density at radius 3 is 2.64 bits per heavy atom. The highest BCUT2D eigenvalue weighted by Gasteiger charge is 2.31. The predicted molar refractivity (Wildman–Crippen MR) is 96.5 cm³/mol. The molecule has 3 heterocycles. The molecular weight excluding hydrogens is 334 g/mol. The highest BCUT2D eigenvalue weighted by molar-refractivity contribution is 7.13. The summed E-state index contributed by atoms with van der Waals surface area (Å²) in [4.78, 5) is 19.9. The smallest absolute Gasteiger partial charge is 0.266 e. The molecule has 0 bridgehead atoms. The molecule has 4 rings (SSSR count). The number of nitrogens with zero attached hydrogens (tertiary/aromatic N) is 5. The first-order chi connectivity index (χ1) is 12.0. The van der Waals surface area contributed by atoms with E-state index in [4.69, 9.17) is 0 Å². The molecule has 1 amide bonds. The lowest BCUT2D eigenvalue weighted by Gasteiger charge is -2.32. The monoisotopic (exact) mass is 353 g/mol. The van der Waals surface area contributed by atoms with Gasteiger partial charge >= 0.3 is 0 Å². The van der Waals surface area contributed by atoms with E-state index in [0.717, 1.165) is 32.8 Å². The molecule has 0 saturated heterocycles. The fourth-order valence-electron chi connectivity index (χ4n) is 3.34. The van der Waals surface area contributed by atoms with Gasteiger partial charge in [0, 0.05) is 12.1 Å². The number of benzene rings is 1. The van der Waals surface area contributed by atoms with Gasteiger partial charge in [0.25, 0.3) is 5.91 Å². The Balaban J connectivity index is 1.66. The summed E-state index contributed by atoms with van der Waals surface area (Å²) in [6.07, 6.45) is 0. The number of aryl methyl sites for hydroxylation is 2. The molecule has 1 aliphatic rings. The molecule has 1 aromatic carbocycles. The Labute approximate surface area is 150 Å². The van der Waals surface area contributed by atoms with Crippen LogP contribution in [0.25, 0.3) is 11.4 Å². The molecule has 0 radical (unpaired) electrons. The van der Waals surface area contributed by atoms with Crippen molar-refractivity contribution in [2.75, 3.05) is 6.54 Å². The van der Waals surface area contributed by atoms with Gasteiger partial charge in [-0.05, 0) is 20.8 Å². The second-order valence-electron chi connectivity index (χ2n) is 6.36. The second kappa shape index (κ2) is 6.07. The number of hydrogen-bond donors (Lipinski definition) is 0. The van der Waals surface area contributed by atoms with E-state index >= 15 is 0 Å². The summed E-state index contributed by atoms with van der Waals surface area (Å²) in [6.45, 7) is 7.03. The molecule has 0 saturated carbocycles. The first-order valence-electron chi connectivity index (χ1n) is 8.27. The summed E-state index contributed by atoms with van der Waals surface area (Å²) >= 11 is 1.46. The Hall–Kier alpha value is -2.54. The molecular formula is C18H19N5OS. The zero-order valence-electron chi connectivity index (χ0n) is 14.4. The van der Waals surface area contributed by atoms with Gasteiger partial charge in [0.2, 0.25) is 0 Å². The zero-order chi connectivity index (χ0) is 17.6. The van der Waals surface area contributed by atoms with Gasteiger partial charge in [-0.1, -0.05) is 30.3 Å². The molecule has 0 N–H and O–H groups in total. The van der Waals surface area contributed by atoms with Crippen LogP contribution >= 0.6 is 11.3 Å². The highest BCUT2D eigenvalue weighted by Crippen LogP contribution is 2.29. The molecule has 1 atom stereocenters. The van der Waals surface area contributed by atoms with E-state index in [2.05, 4.69) is 26.7 Å². The van der Waals surface area contributed by atoms with Gasteiger partial charge in [0.05, 0.1) is 23.3 Å². The number of thiazole rings is 1. The molecule has 3 aromatic rings. The molecule has 6 nitrogen and oxygen atoms in total. The third kappa shape index (κ3) is 2.74. The van der Waals surface area contributed by atoms with Crippen molar-refractivity contribution < 1.29 is 4.79 Å². The third-order valence-corrected chi connectivity index (χ3v) is 5.50. The van der Waals surface area contributed by atoms with Crippen LogP contribution in [0.1, 0.15) is 39.2 Å². The van der Waals surface area contributed by atoms with Crippen molar-refractivity contribution in [1.82, 2.24) is 24.6 Å². The molecule has 0 fully saturated rings. The number of aromatic nitrogens is 4. The Kier molecular flexibility index (Phi) is 3.88. The summed E-state index contributed by atoms with van der Waals surface area (Å²) in [5.74, 6) is 1.72. The molecule has 1 aliphatic heterocycles. The van der Waals surface area contributed by atoms with Crippen molar-refractivity contribution in [3.8, 4) is 11.4 Å². The zero-order valence-corrected chi connectivity index (χ0v) is 15.2. The standard InChI is InChI=1S/C18H19N5OS/c1-11-9-22(18(24)16-12(2)19-13(3)25-16)10-15-20-21-17(23(11)15)14-7-5-4-6-8-14/h4-8,11H,9-10H2,1-3H3/t11-/m0/s1. The number of fused-ring (bicyclic) bond motifs is 1. The van der Waals surface area contributed by atoms with Gasteiger partial charge in [0.1, 0.15) is 4.88 Å². The maximum Gasteiger partial charge on any atom is 0.266 e. The number of carbonyl (C=O) groups is 1. The van der Waals surface area contributed by atoms with Crippen molar-refractivity contribution >= 4 is 17.2 Å². The van der Waals surface area contributed by atoms with E-state index in [-0.39, 0.29) is 11.9 Å². The lowest BCUT2D eigenvalue weighted by Crippen LogP contribution is -2.40. The third-order valence-electron chi connectivity index (χ3n) is 4.44. The van der Waals surface area contributed by atoms with E-state index < -0.39 is 0 Å². The first kappa shape index (κ1) is 16.0. The second-order valence-corrected chi connectivity index (χ2v) is 7.56. The minimum atomic E-state index is 0.0328.